The van der Waals surface area contributed by atoms with Gasteiger partial charge in [0.2, 0.25) is 0 Å². The lowest BCUT2D eigenvalue weighted by Gasteiger charge is -2.45. The molecule has 11 aromatic rings. The molecule has 0 unspecified atom stereocenters. The monoisotopic (exact) mass is 1480 g/mol. The summed E-state index contributed by atoms with van der Waals surface area (Å²) in [6, 6.07) is 93.4. The SMILES string of the molecule is CC(C)(C)[Si](OC[C@H](OCc1ccccc1)[C@@H](OCc1ccccc1)[C@H](OCc1ccccc1)[C@@H](COP(=O)(OCc1ccccc1)OCc1ccccc1)OCc1cn([C@@H]2O[C@H](COC(=O)c3ccccc3)[C@@H](OC(=O)c3ccccc3)[C@H]2OC(=O)c2ccccc2)nn1)(c1ccccc1)c1ccccc1. The van der Waals surface area contributed by atoms with Crippen LogP contribution >= 0.6 is 7.82 Å². The number of esters is 3. The van der Waals surface area contributed by atoms with Crippen molar-refractivity contribution in [2.45, 2.75) is 114 Å². The quantitative estimate of drug-likeness (QED) is 0.0153. The van der Waals surface area contributed by atoms with Crippen molar-refractivity contribution in [1.82, 2.24) is 15.0 Å². The summed E-state index contributed by atoms with van der Waals surface area (Å²) in [5.74, 6) is -2.22. The van der Waals surface area contributed by atoms with Crippen LogP contribution in [0.4, 0.5) is 0 Å². The first-order chi connectivity index (χ1) is 52.3. The van der Waals surface area contributed by atoms with Crippen LogP contribution in [0.25, 0.3) is 0 Å². The number of hydrogen-bond acceptors (Lipinski definition) is 18. The van der Waals surface area contributed by atoms with E-state index < -0.39 is 101 Å². The van der Waals surface area contributed by atoms with Crippen molar-refractivity contribution >= 4 is 44.4 Å². The molecule has 1 saturated heterocycles. The number of phosphoric ester groups is 1. The number of hydrogen-bond donors (Lipinski definition) is 0. The van der Waals surface area contributed by atoms with E-state index in [2.05, 4.69) is 55.3 Å². The van der Waals surface area contributed by atoms with E-state index >= 15 is 4.57 Å². The molecule has 8 atom stereocenters. The molecule has 0 saturated carbocycles. The highest BCUT2D eigenvalue weighted by molar-refractivity contribution is 7.48. The van der Waals surface area contributed by atoms with Crippen molar-refractivity contribution in [3.63, 3.8) is 0 Å². The molecule has 0 N–H and O–H groups in total. The van der Waals surface area contributed by atoms with Crippen molar-refractivity contribution in [2.24, 2.45) is 0 Å². The van der Waals surface area contributed by atoms with Crippen LogP contribution in [0.5, 0.6) is 0 Å². The second-order valence-electron chi connectivity index (χ2n) is 26.6. The number of rotatable bonds is 37. The van der Waals surface area contributed by atoms with Crippen LogP contribution in [0.1, 0.15) is 91.6 Å². The third-order valence-electron chi connectivity index (χ3n) is 18.1. The Balaban J connectivity index is 0.962. The van der Waals surface area contributed by atoms with Crippen LogP contribution in [-0.4, -0.2) is 104 Å². The predicted molar refractivity (Wildman–Crippen MR) is 405 cm³/mol. The lowest BCUT2D eigenvalue weighted by molar-refractivity contribution is -0.200. The molecule has 550 valence electrons. The number of benzene rings is 10. The van der Waals surface area contributed by atoms with Crippen LogP contribution in [0.15, 0.2) is 310 Å². The van der Waals surface area contributed by atoms with Gasteiger partial charge in [-0.1, -0.05) is 293 Å². The van der Waals surface area contributed by atoms with E-state index in [0.717, 1.165) is 27.1 Å². The van der Waals surface area contributed by atoms with Gasteiger partial charge in [0.1, 0.15) is 42.8 Å². The van der Waals surface area contributed by atoms with Gasteiger partial charge in [-0.2, -0.15) is 0 Å². The molecule has 10 aromatic carbocycles. The molecule has 0 radical (unpaired) electrons. The van der Waals surface area contributed by atoms with Crippen molar-refractivity contribution in [1.29, 1.82) is 0 Å². The molecule has 2 heterocycles. The summed E-state index contributed by atoms with van der Waals surface area (Å²) in [5, 5.41) is 10.8. The number of carbonyl (C=O) groups excluding carboxylic acids is 3. The van der Waals surface area contributed by atoms with E-state index in [1.807, 2.05) is 188 Å². The fourth-order valence-electron chi connectivity index (χ4n) is 12.7. The lowest BCUT2D eigenvalue weighted by Crippen LogP contribution is -2.67. The number of phosphoric acid groups is 1. The number of nitrogens with zero attached hydrogens (tertiary/aromatic N) is 3. The summed E-state index contributed by atoms with van der Waals surface area (Å²) in [5.41, 5.74) is 4.77. The molecule has 0 spiro atoms. The highest BCUT2D eigenvalue weighted by Crippen LogP contribution is 2.51. The van der Waals surface area contributed by atoms with Gasteiger partial charge in [-0.15, -0.1) is 5.10 Å². The normalized spacial score (nSPS) is 16.4. The molecule has 1 aliphatic rings. The largest absolute Gasteiger partial charge is 0.475 e. The zero-order valence-electron chi connectivity index (χ0n) is 59.7. The van der Waals surface area contributed by atoms with Crippen molar-refractivity contribution < 1.29 is 74.8 Å². The first kappa shape index (κ1) is 76.5. The summed E-state index contributed by atoms with van der Waals surface area (Å²) in [6.07, 6.45) is -8.56. The Bertz CT molecular complexity index is 4460. The van der Waals surface area contributed by atoms with Crippen LogP contribution in [0, 0.1) is 0 Å². The zero-order chi connectivity index (χ0) is 74.1. The molecule has 0 amide bonds. The maximum Gasteiger partial charge on any atom is 0.475 e. The third-order valence-corrected chi connectivity index (χ3v) is 24.5. The van der Waals surface area contributed by atoms with Crippen molar-refractivity contribution in [3.05, 3.63) is 360 Å². The Hall–Kier alpha value is -10.2. The molecule has 1 fully saturated rings. The summed E-state index contributed by atoms with van der Waals surface area (Å²) >= 11 is 0. The smallest absolute Gasteiger partial charge is 0.459 e. The van der Waals surface area contributed by atoms with Gasteiger partial charge in [-0.05, 0) is 79.6 Å². The van der Waals surface area contributed by atoms with E-state index in [0.29, 0.717) is 11.1 Å². The number of carbonyl (C=O) groups is 3. The van der Waals surface area contributed by atoms with Gasteiger partial charge in [0.25, 0.3) is 8.32 Å². The molecular formula is C86H86N3O16PSi. The first-order valence-corrected chi connectivity index (χ1v) is 38.9. The molecule has 19 nitrogen and oxygen atoms in total. The Morgan fingerprint density at radius 2 is 0.785 bits per heavy atom. The number of ether oxygens (including phenoxy) is 8. The average Bonchev–Trinajstić information content (AvgIpc) is 1.29. The highest BCUT2D eigenvalue weighted by atomic mass is 31.2. The minimum Gasteiger partial charge on any atom is -0.459 e. The maximum absolute atomic E-state index is 15.7. The van der Waals surface area contributed by atoms with E-state index in [-0.39, 0.29) is 68.6 Å². The van der Waals surface area contributed by atoms with Gasteiger partial charge in [0.15, 0.2) is 18.4 Å². The fraction of sp³-hybridized carbons (Fsp3) is 0.244. The Labute approximate surface area is 624 Å². The Morgan fingerprint density at radius 3 is 1.21 bits per heavy atom. The van der Waals surface area contributed by atoms with Gasteiger partial charge in [0, 0.05) is 0 Å². The van der Waals surface area contributed by atoms with Crippen LogP contribution in [0.2, 0.25) is 5.04 Å². The van der Waals surface area contributed by atoms with Crippen LogP contribution < -0.4 is 10.4 Å². The number of aromatic nitrogens is 3. The van der Waals surface area contributed by atoms with E-state index in [1.165, 1.54) is 10.9 Å². The fourth-order valence-corrected chi connectivity index (χ4v) is 18.4. The average molecular weight is 1480 g/mol. The van der Waals surface area contributed by atoms with Gasteiger partial charge in [-0.25, -0.2) is 23.6 Å². The maximum atomic E-state index is 15.7. The summed E-state index contributed by atoms with van der Waals surface area (Å²) in [6.45, 7) is 5.11. The minimum atomic E-state index is -4.62. The molecular weight excluding hydrogens is 1390 g/mol. The molecule has 0 bridgehead atoms. The van der Waals surface area contributed by atoms with Gasteiger partial charge in [0.05, 0.1) is 75.7 Å². The third kappa shape index (κ3) is 20.9. The van der Waals surface area contributed by atoms with Crippen molar-refractivity contribution in [2.75, 3.05) is 19.8 Å². The summed E-state index contributed by atoms with van der Waals surface area (Å²) < 4.78 is 98.7. The van der Waals surface area contributed by atoms with Crippen LogP contribution in [0.3, 0.4) is 0 Å². The van der Waals surface area contributed by atoms with E-state index in [9.17, 15) is 14.4 Å². The topological polar surface area (TPSA) is 210 Å². The lowest BCUT2D eigenvalue weighted by atomic mass is 10.0. The molecule has 1 aromatic heterocycles. The van der Waals surface area contributed by atoms with Gasteiger partial charge < -0.3 is 42.3 Å². The van der Waals surface area contributed by atoms with Gasteiger partial charge >= 0.3 is 25.7 Å². The minimum absolute atomic E-state index is 0.000339. The van der Waals surface area contributed by atoms with Crippen molar-refractivity contribution in [3.8, 4) is 0 Å². The Morgan fingerprint density at radius 1 is 0.430 bits per heavy atom. The first-order valence-electron chi connectivity index (χ1n) is 35.5. The van der Waals surface area contributed by atoms with E-state index in [1.54, 1.807) is 91.0 Å². The zero-order valence-corrected chi connectivity index (χ0v) is 61.6. The molecule has 107 heavy (non-hydrogen) atoms. The summed E-state index contributed by atoms with van der Waals surface area (Å²) in [7, 11) is -7.98. The van der Waals surface area contributed by atoms with Gasteiger partial charge in [-0.3, -0.25) is 13.6 Å². The standard InChI is InChI=1S/C86H86N3O16PSi/c1-86(2,3)107(73-50-30-12-31-51-73,74-52-32-13-33-53-74)102-63-76(94-55-64-34-14-4-15-35-64)79(97-57-66-38-18-6-19-39-66)78(96-56-65-36-16-5-17-37-65)75(62-101-106(93,99-58-67-40-20-7-21-41-67)100-59-68-42-22-8-23-43-68)95-60-72-54-89(88-87-72)82-81(105-85(92)71-48-28-11-29-49-71)80(104-84(91)70-46-26-10-27-47-70)77(103-82)61-98-83(90)69-44-24-9-25-45-69/h4-54,75-82H,55-63H2,1-3H3/t75-,76+,77-,78-,79-,80-,81-,82-/m1/s1. The molecule has 12 rings (SSSR count). The highest BCUT2D eigenvalue weighted by Gasteiger charge is 2.54. The Kier molecular flexibility index (Phi) is 27.1. The second kappa shape index (κ2) is 37.9. The summed E-state index contributed by atoms with van der Waals surface area (Å²) in [4.78, 5) is 42.2. The molecule has 1 aliphatic heterocycles. The predicted octanol–water partition coefficient (Wildman–Crippen LogP) is 15.3. The van der Waals surface area contributed by atoms with E-state index in [4.69, 9.17) is 55.9 Å². The second-order valence-corrected chi connectivity index (χ2v) is 32.6. The molecule has 0 aliphatic carbocycles. The van der Waals surface area contributed by atoms with Crippen LogP contribution in [-0.2, 0) is 100 Å². The molecule has 21 heteroatoms.